The van der Waals surface area contributed by atoms with Gasteiger partial charge in [-0.25, -0.2) is 4.98 Å². The van der Waals surface area contributed by atoms with Gasteiger partial charge in [0.25, 0.3) is 0 Å². The molecule has 0 spiro atoms. The number of ether oxygens (including phenoxy) is 1. The minimum atomic E-state index is -0.214. The third-order valence-electron chi connectivity index (χ3n) is 4.81. The molecule has 4 rings (SSSR count). The molecule has 0 amide bonds. The van der Waals surface area contributed by atoms with E-state index in [1.807, 2.05) is 12.3 Å². The molecule has 3 unspecified atom stereocenters. The number of nitrogens with one attached hydrogen (secondary N) is 1. The van der Waals surface area contributed by atoms with E-state index in [9.17, 15) is 4.79 Å². The van der Waals surface area contributed by atoms with E-state index in [2.05, 4.69) is 31.5 Å². The first-order valence-electron chi connectivity index (χ1n) is 8.01. The molecule has 0 saturated heterocycles. The van der Waals surface area contributed by atoms with Crippen LogP contribution in [-0.2, 0) is 9.53 Å². The Morgan fingerprint density at radius 3 is 3.09 bits per heavy atom. The quantitative estimate of drug-likeness (QED) is 0.751. The van der Waals surface area contributed by atoms with E-state index in [1.165, 1.54) is 6.92 Å². The summed E-state index contributed by atoms with van der Waals surface area (Å²) < 4.78 is 7.51. The van der Waals surface area contributed by atoms with Gasteiger partial charge in [-0.15, -0.1) is 10.2 Å². The Morgan fingerprint density at radius 2 is 2.30 bits per heavy atom. The normalized spacial score (nSPS) is 24.5. The Balaban J connectivity index is 1.78. The minimum absolute atomic E-state index is 0.0293. The Hall–Kier alpha value is -2.44. The van der Waals surface area contributed by atoms with Gasteiger partial charge in [0.05, 0.1) is 11.7 Å². The smallest absolute Gasteiger partial charge is 0.302 e. The summed E-state index contributed by atoms with van der Waals surface area (Å²) in [5.41, 5.74) is 2.55. The van der Waals surface area contributed by atoms with Gasteiger partial charge in [-0.1, -0.05) is 13.3 Å². The maximum absolute atomic E-state index is 11.3. The maximum atomic E-state index is 11.3. The number of carbonyl (C=O) groups excluding carboxylic acids is 1. The Labute approximate surface area is 133 Å². The second-order valence-corrected chi connectivity index (χ2v) is 6.20. The molecule has 7 heteroatoms. The highest BCUT2D eigenvalue weighted by atomic mass is 16.5. The van der Waals surface area contributed by atoms with Crippen molar-refractivity contribution in [2.24, 2.45) is 5.92 Å². The molecular weight excluding hydrogens is 294 g/mol. The van der Waals surface area contributed by atoms with E-state index in [-0.39, 0.29) is 18.0 Å². The number of nitrogens with zero attached hydrogens (tertiary/aromatic N) is 4. The number of H-pyrrole nitrogens is 1. The summed E-state index contributed by atoms with van der Waals surface area (Å²) in [7, 11) is 0. The zero-order valence-electron chi connectivity index (χ0n) is 13.2. The van der Waals surface area contributed by atoms with Crippen LogP contribution in [0.2, 0.25) is 0 Å². The fourth-order valence-corrected chi connectivity index (χ4v) is 3.81. The van der Waals surface area contributed by atoms with Gasteiger partial charge in [0.1, 0.15) is 11.9 Å². The number of esters is 1. The molecule has 0 aromatic carbocycles. The van der Waals surface area contributed by atoms with Gasteiger partial charge in [-0.3, -0.25) is 9.20 Å². The molecule has 120 valence electrons. The Bertz CT molecular complexity index is 868. The van der Waals surface area contributed by atoms with Crippen molar-refractivity contribution in [3.05, 3.63) is 24.3 Å². The van der Waals surface area contributed by atoms with Crippen molar-refractivity contribution in [2.75, 3.05) is 0 Å². The topological polar surface area (TPSA) is 85.2 Å². The van der Waals surface area contributed by atoms with Crippen molar-refractivity contribution in [3.8, 4) is 0 Å². The predicted molar refractivity (Wildman–Crippen MR) is 83.9 cm³/mol. The summed E-state index contributed by atoms with van der Waals surface area (Å²) in [4.78, 5) is 18.7. The molecule has 1 saturated carbocycles. The van der Waals surface area contributed by atoms with Crippen LogP contribution in [0.15, 0.2) is 18.5 Å². The van der Waals surface area contributed by atoms with Crippen molar-refractivity contribution in [3.63, 3.8) is 0 Å². The second kappa shape index (κ2) is 5.33. The second-order valence-electron chi connectivity index (χ2n) is 6.20. The molecule has 7 nitrogen and oxygen atoms in total. The van der Waals surface area contributed by atoms with Gasteiger partial charge in [-0.2, -0.15) is 0 Å². The molecular formula is C16H19N5O2. The van der Waals surface area contributed by atoms with Crippen LogP contribution in [0.25, 0.3) is 16.8 Å². The summed E-state index contributed by atoms with van der Waals surface area (Å²) in [5, 5.41) is 8.71. The molecule has 23 heavy (non-hydrogen) atoms. The van der Waals surface area contributed by atoms with Gasteiger partial charge in [0.15, 0.2) is 11.3 Å². The SMILES string of the molecule is CCC1CC(OC(C)=O)CC1c1nnc2cnc3[nH]ccc3n12. The summed E-state index contributed by atoms with van der Waals surface area (Å²) in [5.74, 6) is 1.40. The van der Waals surface area contributed by atoms with Gasteiger partial charge in [0, 0.05) is 19.0 Å². The highest BCUT2D eigenvalue weighted by Crippen LogP contribution is 2.42. The fourth-order valence-electron chi connectivity index (χ4n) is 3.81. The highest BCUT2D eigenvalue weighted by Gasteiger charge is 2.38. The molecule has 1 aliphatic carbocycles. The highest BCUT2D eigenvalue weighted by molar-refractivity contribution is 5.74. The van der Waals surface area contributed by atoms with Crippen molar-refractivity contribution in [2.45, 2.75) is 45.1 Å². The summed E-state index contributed by atoms with van der Waals surface area (Å²) in [6, 6.07) is 1.99. The van der Waals surface area contributed by atoms with Gasteiger partial charge in [0.2, 0.25) is 0 Å². The number of fused-ring (bicyclic) bond motifs is 3. The van der Waals surface area contributed by atoms with E-state index in [4.69, 9.17) is 4.74 Å². The van der Waals surface area contributed by atoms with E-state index >= 15 is 0 Å². The standard InChI is InChI=1S/C16H19N5O2/c1-3-10-6-11(23-9(2)22)7-12(10)16-20-19-14-8-18-15-13(21(14)16)4-5-17-15/h4-5,8,10-12,17H,3,6-7H2,1-2H3. The first-order chi connectivity index (χ1) is 11.2. The third-order valence-corrected chi connectivity index (χ3v) is 4.81. The molecule has 3 aromatic heterocycles. The lowest BCUT2D eigenvalue weighted by atomic mass is 9.93. The van der Waals surface area contributed by atoms with Crippen LogP contribution < -0.4 is 0 Å². The number of hydrogen-bond donors (Lipinski definition) is 1. The lowest BCUT2D eigenvalue weighted by Gasteiger charge is -2.15. The van der Waals surface area contributed by atoms with E-state index in [0.717, 1.165) is 41.9 Å². The third kappa shape index (κ3) is 2.27. The van der Waals surface area contributed by atoms with Gasteiger partial charge < -0.3 is 9.72 Å². The molecule has 0 radical (unpaired) electrons. The summed E-state index contributed by atoms with van der Waals surface area (Å²) in [6.07, 6.45) is 6.28. The number of rotatable bonds is 3. The fraction of sp³-hybridized carbons (Fsp3) is 0.500. The molecule has 1 N–H and O–H groups in total. The molecule has 1 aliphatic rings. The first-order valence-corrected chi connectivity index (χ1v) is 8.01. The van der Waals surface area contributed by atoms with Crippen molar-refractivity contribution in [1.82, 2.24) is 24.6 Å². The molecule has 0 bridgehead atoms. The maximum Gasteiger partial charge on any atom is 0.302 e. The van der Waals surface area contributed by atoms with Crippen LogP contribution in [0.5, 0.6) is 0 Å². The number of hydrogen-bond acceptors (Lipinski definition) is 5. The lowest BCUT2D eigenvalue weighted by Crippen LogP contribution is -2.12. The monoisotopic (exact) mass is 313 g/mol. The van der Waals surface area contributed by atoms with Crippen molar-refractivity contribution < 1.29 is 9.53 Å². The Morgan fingerprint density at radius 1 is 1.43 bits per heavy atom. The average molecular weight is 313 g/mol. The molecule has 3 aromatic rings. The lowest BCUT2D eigenvalue weighted by molar-refractivity contribution is -0.146. The van der Waals surface area contributed by atoms with Crippen molar-refractivity contribution in [1.29, 1.82) is 0 Å². The number of aromatic amines is 1. The molecule has 3 atom stereocenters. The molecule has 3 heterocycles. The van der Waals surface area contributed by atoms with Crippen LogP contribution in [0.3, 0.4) is 0 Å². The van der Waals surface area contributed by atoms with Crippen LogP contribution in [0, 0.1) is 5.92 Å². The van der Waals surface area contributed by atoms with Crippen LogP contribution in [-0.4, -0.2) is 36.6 Å². The largest absolute Gasteiger partial charge is 0.463 e. The van der Waals surface area contributed by atoms with Gasteiger partial charge in [-0.05, 0) is 24.8 Å². The van der Waals surface area contributed by atoms with E-state index < -0.39 is 0 Å². The zero-order valence-corrected chi connectivity index (χ0v) is 13.2. The Kier molecular flexibility index (Phi) is 3.28. The minimum Gasteiger partial charge on any atom is -0.463 e. The average Bonchev–Trinajstić information content (AvgIpc) is 3.22. The van der Waals surface area contributed by atoms with E-state index in [1.54, 1.807) is 6.20 Å². The molecule has 0 aliphatic heterocycles. The van der Waals surface area contributed by atoms with Crippen LogP contribution >= 0.6 is 0 Å². The van der Waals surface area contributed by atoms with E-state index in [0.29, 0.717) is 5.92 Å². The number of carbonyl (C=O) groups is 1. The summed E-state index contributed by atoms with van der Waals surface area (Å²) >= 11 is 0. The predicted octanol–water partition coefficient (Wildman–Crippen LogP) is 2.44. The van der Waals surface area contributed by atoms with Crippen molar-refractivity contribution >= 4 is 22.8 Å². The number of aromatic nitrogens is 5. The zero-order chi connectivity index (χ0) is 16.0. The van der Waals surface area contributed by atoms with Crippen LogP contribution in [0.4, 0.5) is 0 Å². The van der Waals surface area contributed by atoms with Gasteiger partial charge >= 0.3 is 5.97 Å². The summed E-state index contributed by atoms with van der Waals surface area (Å²) in [6.45, 7) is 3.64. The first kappa shape index (κ1) is 14.2. The van der Waals surface area contributed by atoms with Crippen LogP contribution in [0.1, 0.15) is 44.9 Å². The molecule has 1 fully saturated rings.